The van der Waals surface area contributed by atoms with Crippen LogP contribution in [0.25, 0.3) is 0 Å². The van der Waals surface area contributed by atoms with E-state index in [1.165, 1.54) is 31.9 Å². The van der Waals surface area contributed by atoms with Gasteiger partial charge in [-0.3, -0.25) is 9.69 Å². The van der Waals surface area contributed by atoms with Crippen LogP contribution in [-0.4, -0.2) is 76.4 Å². The van der Waals surface area contributed by atoms with Crippen LogP contribution in [0.3, 0.4) is 0 Å². The molecule has 9 nitrogen and oxygen atoms in total. The van der Waals surface area contributed by atoms with Crippen molar-refractivity contribution in [3.63, 3.8) is 0 Å². The van der Waals surface area contributed by atoms with Crippen LogP contribution in [0.5, 0.6) is 0 Å². The van der Waals surface area contributed by atoms with E-state index in [2.05, 4.69) is 26.2 Å². The number of amides is 3. The van der Waals surface area contributed by atoms with Crippen LogP contribution in [0.15, 0.2) is 22.8 Å². The molecule has 0 fully saturated rings. The number of carbonyl (C=O) groups excluding carboxylic acids is 3. The number of ether oxygens (including phenoxy) is 2. The largest absolute Gasteiger partial charge is 0.444 e. The molecule has 1 rings (SSSR count). The van der Waals surface area contributed by atoms with Gasteiger partial charge in [0.25, 0.3) is 6.43 Å². The zero-order valence-corrected chi connectivity index (χ0v) is 22.9. The Hall–Kier alpha value is -2.57. The summed E-state index contributed by atoms with van der Waals surface area (Å²) in [6, 6.07) is 3.29. The van der Waals surface area contributed by atoms with Gasteiger partial charge in [-0.25, -0.2) is 27.7 Å². The smallest absolute Gasteiger partial charge is 0.412 e. The number of hydrogen-bond donors (Lipinski definition) is 1. The molecule has 0 aliphatic carbocycles. The first-order valence-corrected chi connectivity index (χ1v) is 12.1. The summed E-state index contributed by atoms with van der Waals surface area (Å²) < 4.78 is 51.3. The van der Waals surface area contributed by atoms with Crippen molar-refractivity contribution in [1.82, 2.24) is 14.8 Å². The van der Waals surface area contributed by atoms with Crippen LogP contribution in [0, 0.1) is 0 Å². The molecule has 0 saturated heterocycles. The standard InChI is InChI=1S/C23H34BrF3N4O5/c1-22(2,3)35-20(33)30(13-9-17(32)29-16-14-15(24)8-10-28-16)11-7-12-31(19(27)18(25)26)21(34)36-23(4,5)6/h8,10,14,18-19H,7,9,11-13H2,1-6H3,(H,28,29,32). The first-order chi connectivity index (χ1) is 16.5. The molecule has 3 amide bonds. The summed E-state index contributed by atoms with van der Waals surface area (Å²) in [4.78, 5) is 42.8. The van der Waals surface area contributed by atoms with Crippen molar-refractivity contribution in [2.75, 3.05) is 25.0 Å². The zero-order valence-electron chi connectivity index (χ0n) is 21.3. The molecule has 0 saturated carbocycles. The van der Waals surface area contributed by atoms with Crippen molar-refractivity contribution < 1.29 is 37.0 Å². The molecule has 1 aromatic rings. The molecule has 0 aliphatic rings. The second-order valence-electron chi connectivity index (χ2n) is 9.86. The fourth-order valence-electron chi connectivity index (χ4n) is 2.74. The van der Waals surface area contributed by atoms with Crippen LogP contribution in [0.2, 0.25) is 0 Å². The molecule has 204 valence electrons. The molecular weight excluding hydrogens is 549 g/mol. The van der Waals surface area contributed by atoms with E-state index in [0.29, 0.717) is 10.3 Å². The first kappa shape index (κ1) is 31.5. The summed E-state index contributed by atoms with van der Waals surface area (Å²) in [5.74, 6) is -0.113. The quantitative estimate of drug-likeness (QED) is 0.360. The second-order valence-corrected chi connectivity index (χ2v) is 10.8. The highest BCUT2D eigenvalue weighted by atomic mass is 79.9. The molecule has 36 heavy (non-hydrogen) atoms. The molecule has 1 unspecified atom stereocenters. The lowest BCUT2D eigenvalue weighted by Gasteiger charge is -2.31. The van der Waals surface area contributed by atoms with Gasteiger partial charge in [-0.05, 0) is 60.1 Å². The predicted octanol–water partition coefficient (Wildman–Crippen LogP) is 5.60. The number of aromatic nitrogens is 1. The fraction of sp³-hybridized carbons (Fsp3) is 0.652. The molecule has 13 heteroatoms. The SMILES string of the molecule is CC(C)(C)OC(=O)N(CCCN(C(=O)OC(C)(C)C)C(F)C(F)F)CCC(=O)Nc1cc(Br)ccn1. The van der Waals surface area contributed by atoms with Gasteiger partial charge in [0.15, 0.2) is 0 Å². The number of halogens is 4. The Labute approximate surface area is 217 Å². The lowest BCUT2D eigenvalue weighted by atomic mass is 10.2. The summed E-state index contributed by atoms with van der Waals surface area (Å²) in [7, 11) is 0. The molecule has 0 radical (unpaired) electrons. The van der Waals surface area contributed by atoms with Crippen molar-refractivity contribution in [1.29, 1.82) is 0 Å². The van der Waals surface area contributed by atoms with E-state index >= 15 is 0 Å². The van der Waals surface area contributed by atoms with Gasteiger partial charge in [-0.1, -0.05) is 15.9 Å². The highest BCUT2D eigenvalue weighted by Gasteiger charge is 2.34. The second kappa shape index (κ2) is 13.7. The molecule has 1 aromatic heterocycles. The number of alkyl halides is 3. The van der Waals surface area contributed by atoms with E-state index in [1.807, 2.05) is 0 Å². The third-order valence-electron chi connectivity index (χ3n) is 4.21. The van der Waals surface area contributed by atoms with Gasteiger partial charge < -0.3 is 19.7 Å². The Kier molecular flexibility index (Phi) is 11.9. The van der Waals surface area contributed by atoms with Gasteiger partial charge in [0, 0.05) is 36.7 Å². The van der Waals surface area contributed by atoms with Crippen molar-refractivity contribution in [3.8, 4) is 0 Å². The first-order valence-electron chi connectivity index (χ1n) is 11.3. The summed E-state index contributed by atoms with van der Waals surface area (Å²) in [6.07, 6.45) is -6.98. The van der Waals surface area contributed by atoms with Gasteiger partial charge >= 0.3 is 12.2 Å². The van der Waals surface area contributed by atoms with E-state index < -0.39 is 48.6 Å². The Morgan fingerprint density at radius 2 is 1.58 bits per heavy atom. The van der Waals surface area contributed by atoms with Crippen molar-refractivity contribution in [2.24, 2.45) is 0 Å². The average Bonchev–Trinajstić information content (AvgIpc) is 2.70. The molecule has 1 heterocycles. The number of nitrogens with one attached hydrogen (secondary N) is 1. The van der Waals surface area contributed by atoms with Gasteiger partial charge in [0.05, 0.1) is 0 Å². The number of nitrogens with zero attached hydrogens (tertiary/aromatic N) is 3. The number of pyridine rings is 1. The average molecular weight is 583 g/mol. The monoisotopic (exact) mass is 582 g/mol. The van der Waals surface area contributed by atoms with E-state index in [9.17, 15) is 27.6 Å². The zero-order chi connectivity index (χ0) is 27.7. The summed E-state index contributed by atoms with van der Waals surface area (Å²) in [5.41, 5.74) is -1.85. The summed E-state index contributed by atoms with van der Waals surface area (Å²) >= 11 is 3.28. The normalized spacial score (nSPS) is 12.6. The lowest BCUT2D eigenvalue weighted by molar-refractivity contribution is -0.116. The van der Waals surface area contributed by atoms with Gasteiger partial charge in [-0.15, -0.1) is 0 Å². The maximum atomic E-state index is 14.1. The number of rotatable bonds is 10. The van der Waals surface area contributed by atoms with Crippen LogP contribution in [-0.2, 0) is 14.3 Å². The number of hydrogen-bond acceptors (Lipinski definition) is 6. The molecule has 1 N–H and O–H groups in total. The van der Waals surface area contributed by atoms with Gasteiger partial charge in [0.2, 0.25) is 12.2 Å². The minimum absolute atomic E-state index is 0.0690. The molecule has 1 atom stereocenters. The van der Waals surface area contributed by atoms with E-state index in [0.717, 1.165) is 0 Å². The minimum atomic E-state index is -3.44. The van der Waals surface area contributed by atoms with Crippen molar-refractivity contribution in [2.45, 2.75) is 78.3 Å². The molecule has 0 aromatic carbocycles. The fourth-order valence-corrected chi connectivity index (χ4v) is 3.07. The Balaban J connectivity index is 2.86. The summed E-state index contributed by atoms with van der Waals surface area (Å²) in [6.45, 7) is 8.95. The highest BCUT2D eigenvalue weighted by Crippen LogP contribution is 2.18. The third kappa shape index (κ3) is 12.4. The molecule has 0 spiro atoms. The maximum Gasteiger partial charge on any atom is 0.412 e. The van der Waals surface area contributed by atoms with Gasteiger partial charge in [0.1, 0.15) is 17.0 Å². The topological polar surface area (TPSA) is 101 Å². The van der Waals surface area contributed by atoms with Crippen LogP contribution >= 0.6 is 15.9 Å². The van der Waals surface area contributed by atoms with Gasteiger partial charge in [-0.2, -0.15) is 0 Å². The van der Waals surface area contributed by atoms with E-state index in [1.54, 1.807) is 32.9 Å². The highest BCUT2D eigenvalue weighted by molar-refractivity contribution is 9.10. The number of carbonyl (C=O) groups is 3. The van der Waals surface area contributed by atoms with Crippen molar-refractivity contribution in [3.05, 3.63) is 22.8 Å². The molecular formula is C23H34BrF3N4O5. The maximum absolute atomic E-state index is 14.1. The third-order valence-corrected chi connectivity index (χ3v) is 4.70. The molecule has 0 aliphatic heterocycles. The Morgan fingerprint density at radius 3 is 2.11 bits per heavy atom. The Bertz CT molecular complexity index is 893. The van der Waals surface area contributed by atoms with E-state index in [4.69, 9.17) is 9.47 Å². The lowest BCUT2D eigenvalue weighted by Crippen LogP contribution is -2.46. The van der Waals surface area contributed by atoms with Crippen LogP contribution < -0.4 is 5.32 Å². The van der Waals surface area contributed by atoms with E-state index in [-0.39, 0.29) is 30.8 Å². The molecule has 0 bridgehead atoms. The number of anilines is 1. The minimum Gasteiger partial charge on any atom is -0.444 e. The predicted molar refractivity (Wildman–Crippen MR) is 131 cm³/mol. The van der Waals surface area contributed by atoms with Crippen LogP contribution in [0.1, 0.15) is 54.4 Å². The van der Waals surface area contributed by atoms with Crippen LogP contribution in [0.4, 0.5) is 28.6 Å². The van der Waals surface area contributed by atoms with Crippen molar-refractivity contribution >= 4 is 39.8 Å². The Morgan fingerprint density at radius 1 is 1.00 bits per heavy atom. The summed E-state index contributed by atoms with van der Waals surface area (Å²) in [5, 5.41) is 2.60.